The molecule has 0 bridgehead atoms. The lowest BCUT2D eigenvalue weighted by atomic mass is 10.2. The first-order valence-electron chi connectivity index (χ1n) is 12.2. The average Bonchev–Trinajstić information content (AvgIpc) is 3.27. The fraction of sp³-hybridized carbons (Fsp3) is 0.520. The van der Waals surface area contributed by atoms with Crippen LogP contribution in [0.25, 0.3) is 10.9 Å². The van der Waals surface area contributed by atoms with Crippen LogP contribution < -0.4 is 10.2 Å². The molecule has 2 aliphatic rings. The monoisotopic (exact) mass is 462 g/mol. The van der Waals surface area contributed by atoms with Crippen LogP contribution in [0.5, 0.6) is 0 Å². The molecular weight excluding hydrogens is 428 g/mol. The third-order valence-electron chi connectivity index (χ3n) is 6.79. The molecule has 5 heterocycles. The number of aliphatic hydroxyl groups is 1. The Morgan fingerprint density at radius 3 is 2.59 bits per heavy atom. The minimum atomic E-state index is -0.644. The maximum atomic E-state index is 10.1. The summed E-state index contributed by atoms with van der Waals surface area (Å²) in [5.41, 5.74) is 2.64. The maximum absolute atomic E-state index is 10.1. The SMILES string of the molecule is CC(O)c1cc2cnc(Nc3ccc(CN4CCN(C)CC4)cn3)nc2c(N2CC[C@@H](C)C2)n1. The van der Waals surface area contributed by atoms with Crippen molar-refractivity contribution < 1.29 is 5.11 Å². The van der Waals surface area contributed by atoms with Crippen molar-refractivity contribution in [2.45, 2.75) is 32.9 Å². The van der Waals surface area contributed by atoms with Gasteiger partial charge in [0.15, 0.2) is 5.82 Å². The van der Waals surface area contributed by atoms with E-state index in [1.54, 1.807) is 13.1 Å². The van der Waals surface area contributed by atoms with Crippen molar-refractivity contribution in [1.29, 1.82) is 0 Å². The van der Waals surface area contributed by atoms with E-state index in [2.05, 4.69) is 50.0 Å². The van der Waals surface area contributed by atoms with E-state index in [-0.39, 0.29) is 0 Å². The lowest BCUT2D eigenvalue weighted by Gasteiger charge is -2.32. The molecule has 9 nitrogen and oxygen atoms in total. The van der Waals surface area contributed by atoms with Gasteiger partial charge in [-0.15, -0.1) is 0 Å². The van der Waals surface area contributed by atoms with E-state index in [1.165, 1.54) is 5.56 Å². The van der Waals surface area contributed by atoms with Crippen LogP contribution in [-0.4, -0.2) is 81.2 Å². The molecule has 2 aliphatic heterocycles. The van der Waals surface area contributed by atoms with Crippen molar-refractivity contribution in [2.24, 2.45) is 5.92 Å². The first kappa shape index (κ1) is 22.9. The van der Waals surface area contributed by atoms with Crippen molar-refractivity contribution in [3.63, 3.8) is 0 Å². The molecule has 3 aromatic rings. The van der Waals surface area contributed by atoms with E-state index in [0.29, 0.717) is 23.4 Å². The number of nitrogens with zero attached hydrogens (tertiary/aromatic N) is 7. The summed E-state index contributed by atoms with van der Waals surface area (Å²) in [7, 11) is 2.17. The van der Waals surface area contributed by atoms with Crippen LogP contribution in [0.1, 0.15) is 37.6 Å². The second kappa shape index (κ2) is 9.77. The first-order valence-corrected chi connectivity index (χ1v) is 12.2. The molecule has 2 saturated heterocycles. The highest BCUT2D eigenvalue weighted by Gasteiger charge is 2.24. The Bertz CT molecular complexity index is 1130. The Morgan fingerprint density at radius 2 is 1.91 bits per heavy atom. The van der Waals surface area contributed by atoms with Gasteiger partial charge in [0.1, 0.15) is 11.3 Å². The average molecular weight is 463 g/mol. The first-order chi connectivity index (χ1) is 16.4. The van der Waals surface area contributed by atoms with Crippen LogP contribution in [0, 0.1) is 5.92 Å². The van der Waals surface area contributed by atoms with Gasteiger partial charge in [0.05, 0.1) is 11.8 Å². The number of likely N-dealkylation sites (N-methyl/N-ethyl adjacent to an activating group) is 1. The Labute approximate surface area is 200 Å². The quantitative estimate of drug-likeness (QED) is 0.573. The van der Waals surface area contributed by atoms with Crippen LogP contribution in [-0.2, 0) is 6.54 Å². The van der Waals surface area contributed by atoms with Gasteiger partial charge in [0.2, 0.25) is 5.95 Å². The highest BCUT2D eigenvalue weighted by atomic mass is 16.3. The van der Waals surface area contributed by atoms with Crippen molar-refractivity contribution in [3.05, 3.63) is 41.9 Å². The van der Waals surface area contributed by atoms with Crippen molar-refractivity contribution >= 4 is 28.5 Å². The molecule has 0 aromatic carbocycles. The summed E-state index contributed by atoms with van der Waals surface area (Å²) in [6, 6.07) is 5.97. The normalized spacial score (nSPS) is 20.7. The summed E-state index contributed by atoms with van der Waals surface area (Å²) in [4.78, 5) is 25.8. The summed E-state index contributed by atoms with van der Waals surface area (Å²) < 4.78 is 0. The highest BCUT2D eigenvalue weighted by Crippen LogP contribution is 2.31. The number of nitrogens with one attached hydrogen (secondary N) is 1. The lowest BCUT2D eigenvalue weighted by Crippen LogP contribution is -2.43. The number of aromatic nitrogens is 4. The molecule has 34 heavy (non-hydrogen) atoms. The van der Waals surface area contributed by atoms with Crippen molar-refractivity contribution in [2.75, 3.05) is 56.5 Å². The molecule has 0 radical (unpaired) electrons. The van der Waals surface area contributed by atoms with Gasteiger partial charge in [-0.2, -0.15) is 0 Å². The van der Waals surface area contributed by atoms with Gasteiger partial charge < -0.3 is 20.2 Å². The predicted octanol–water partition coefficient (Wildman–Crippen LogP) is 2.81. The molecule has 2 N–H and O–H groups in total. The van der Waals surface area contributed by atoms with Crippen LogP contribution in [0.4, 0.5) is 17.6 Å². The second-order valence-electron chi connectivity index (χ2n) is 9.77. The highest BCUT2D eigenvalue weighted by molar-refractivity contribution is 5.89. The number of hydrogen-bond donors (Lipinski definition) is 2. The molecule has 2 atom stereocenters. The number of hydrogen-bond acceptors (Lipinski definition) is 9. The van der Waals surface area contributed by atoms with E-state index in [4.69, 9.17) is 9.97 Å². The smallest absolute Gasteiger partial charge is 0.229 e. The predicted molar refractivity (Wildman–Crippen MR) is 134 cm³/mol. The fourth-order valence-electron chi connectivity index (χ4n) is 4.64. The maximum Gasteiger partial charge on any atom is 0.229 e. The molecule has 1 unspecified atom stereocenters. The molecule has 0 aliphatic carbocycles. The van der Waals surface area contributed by atoms with Gasteiger partial charge in [-0.1, -0.05) is 13.0 Å². The molecular formula is C25H34N8O. The number of fused-ring (bicyclic) bond motifs is 1. The third kappa shape index (κ3) is 5.11. The van der Waals surface area contributed by atoms with Crippen molar-refractivity contribution in [1.82, 2.24) is 29.7 Å². The molecule has 5 rings (SSSR count). The van der Waals surface area contributed by atoms with Crippen LogP contribution in [0.3, 0.4) is 0 Å². The number of anilines is 3. The topological polar surface area (TPSA) is 93.5 Å². The van der Waals surface area contributed by atoms with Gasteiger partial charge in [-0.3, -0.25) is 4.90 Å². The van der Waals surface area contributed by atoms with Crippen molar-refractivity contribution in [3.8, 4) is 0 Å². The number of pyridine rings is 2. The number of piperazine rings is 1. The zero-order chi connectivity index (χ0) is 23.7. The van der Waals surface area contributed by atoms with Gasteiger partial charge in [-0.05, 0) is 44.0 Å². The van der Waals surface area contributed by atoms with Gasteiger partial charge in [-0.25, -0.2) is 19.9 Å². The van der Waals surface area contributed by atoms with Gasteiger partial charge in [0.25, 0.3) is 0 Å². The Morgan fingerprint density at radius 1 is 1.09 bits per heavy atom. The summed E-state index contributed by atoms with van der Waals surface area (Å²) in [5.74, 6) is 2.64. The lowest BCUT2D eigenvalue weighted by molar-refractivity contribution is 0.148. The van der Waals surface area contributed by atoms with E-state index in [1.807, 2.05) is 18.3 Å². The number of rotatable bonds is 6. The van der Waals surface area contributed by atoms with Gasteiger partial charge >= 0.3 is 0 Å². The number of aliphatic hydroxyl groups excluding tert-OH is 1. The van der Waals surface area contributed by atoms with Crippen LogP contribution >= 0.6 is 0 Å². The summed E-state index contributed by atoms with van der Waals surface area (Å²) in [5, 5.41) is 14.3. The van der Waals surface area contributed by atoms with Gasteiger partial charge in [0, 0.05) is 63.6 Å². The minimum Gasteiger partial charge on any atom is -0.387 e. The van der Waals surface area contributed by atoms with E-state index < -0.39 is 6.10 Å². The largest absolute Gasteiger partial charge is 0.387 e. The molecule has 2 fully saturated rings. The molecule has 0 saturated carbocycles. The third-order valence-corrected chi connectivity index (χ3v) is 6.79. The molecule has 0 amide bonds. The standard InChI is InChI=1S/C25H34N8O/c1-17-6-7-33(15-17)24-23-20(12-21(28-24)18(2)34)14-27-25(30-23)29-22-5-4-19(13-26-22)16-32-10-8-31(3)9-11-32/h4-5,12-14,17-18,34H,6-11,15-16H2,1-3H3,(H,26,27,29,30)/t17-,18?/m1/s1. The zero-order valence-corrected chi connectivity index (χ0v) is 20.3. The molecule has 3 aromatic heterocycles. The molecule has 0 spiro atoms. The fourth-order valence-corrected chi connectivity index (χ4v) is 4.64. The second-order valence-corrected chi connectivity index (χ2v) is 9.77. The molecule has 9 heteroatoms. The van der Waals surface area contributed by atoms with Crippen LogP contribution in [0.2, 0.25) is 0 Å². The van der Waals surface area contributed by atoms with E-state index in [9.17, 15) is 5.11 Å². The Kier molecular flexibility index (Phi) is 6.58. The van der Waals surface area contributed by atoms with E-state index in [0.717, 1.165) is 69.0 Å². The Hall–Kier alpha value is -2.88. The summed E-state index contributed by atoms with van der Waals surface area (Å²) in [6.07, 6.45) is 4.20. The Balaban J connectivity index is 1.35. The zero-order valence-electron chi connectivity index (χ0n) is 20.3. The summed E-state index contributed by atoms with van der Waals surface area (Å²) >= 11 is 0. The minimum absolute atomic E-state index is 0.493. The molecule has 180 valence electrons. The van der Waals surface area contributed by atoms with E-state index >= 15 is 0 Å². The summed E-state index contributed by atoms with van der Waals surface area (Å²) in [6.45, 7) is 11.2. The van der Waals surface area contributed by atoms with Crippen LogP contribution in [0.15, 0.2) is 30.6 Å².